The number of piperidine rings is 1. The number of carbonyl (C=O) groups is 2. The van der Waals surface area contributed by atoms with Gasteiger partial charge in [0.15, 0.2) is 0 Å². The van der Waals surface area contributed by atoms with Crippen molar-refractivity contribution in [1.82, 2.24) is 4.90 Å². The van der Waals surface area contributed by atoms with Crippen LogP contribution in [0, 0.1) is 0 Å². The van der Waals surface area contributed by atoms with Crippen LogP contribution in [0.25, 0.3) is 0 Å². The molecule has 0 aromatic rings. The molecular weight excluding hydrogens is 254 g/mol. The number of rotatable bonds is 3. The van der Waals surface area contributed by atoms with Crippen LogP contribution in [0.5, 0.6) is 0 Å². The Bertz CT molecular complexity index is 405. The van der Waals surface area contributed by atoms with Crippen LogP contribution in [0.3, 0.4) is 0 Å². The number of ether oxygens (including phenoxy) is 1. The first-order valence-electron chi connectivity index (χ1n) is 7.21. The molecule has 0 saturated carbocycles. The minimum absolute atomic E-state index is 0.0275. The van der Waals surface area contributed by atoms with E-state index in [0.29, 0.717) is 24.8 Å². The molecule has 1 aliphatic heterocycles. The molecule has 1 saturated heterocycles. The number of hydrogen-bond acceptors (Lipinski definition) is 3. The SMILES string of the molecule is C=C(C)C(=O)N1C(C)(C)CC(OC(=O)CC)CC1(C)C. The van der Waals surface area contributed by atoms with Crippen LogP contribution in [-0.4, -0.2) is 34.0 Å². The molecule has 0 radical (unpaired) electrons. The molecule has 4 heteroatoms. The Hall–Kier alpha value is -1.32. The van der Waals surface area contributed by atoms with Gasteiger partial charge in [-0.3, -0.25) is 9.59 Å². The van der Waals surface area contributed by atoms with Gasteiger partial charge in [0.1, 0.15) is 6.10 Å². The second kappa shape index (κ2) is 5.58. The van der Waals surface area contributed by atoms with Gasteiger partial charge in [0, 0.05) is 35.9 Å². The topological polar surface area (TPSA) is 46.6 Å². The lowest BCUT2D eigenvalue weighted by Gasteiger charge is -2.54. The highest BCUT2D eigenvalue weighted by Crippen LogP contribution is 2.40. The van der Waals surface area contributed by atoms with Crippen molar-refractivity contribution in [1.29, 1.82) is 0 Å². The number of carbonyl (C=O) groups excluding carboxylic acids is 2. The van der Waals surface area contributed by atoms with Gasteiger partial charge in [-0.15, -0.1) is 0 Å². The monoisotopic (exact) mass is 281 g/mol. The van der Waals surface area contributed by atoms with Gasteiger partial charge in [-0.2, -0.15) is 0 Å². The Labute approximate surface area is 122 Å². The molecule has 1 fully saturated rings. The molecule has 20 heavy (non-hydrogen) atoms. The Balaban J connectivity index is 3.01. The number of nitrogens with zero attached hydrogens (tertiary/aromatic N) is 1. The van der Waals surface area contributed by atoms with Crippen molar-refractivity contribution in [2.24, 2.45) is 0 Å². The molecule has 1 aliphatic rings. The minimum Gasteiger partial charge on any atom is -0.462 e. The highest BCUT2D eigenvalue weighted by Gasteiger charge is 2.48. The first-order chi connectivity index (χ1) is 9.01. The molecule has 0 aromatic carbocycles. The lowest BCUT2D eigenvalue weighted by atomic mass is 9.77. The van der Waals surface area contributed by atoms with Crippen LogP contribution in [0.4, 0.5) is 0 Å². The maximum Gasteiger partial charge on any atom is 0.305 e. The van der Waals surface area contributed by atoms with Crippen molar-refractivity contribution in [3.05, 3.63) is 12.2 Å². The van der Waals surface area contributed by atoms with Gasteiger partial charge in [0.05, 0.1) is 0 Å². The van der Waals surface area contributed by atoms with Crippen molar-refractivity contribution in [3.63, 3.8) is 0 Å². The minimum atomic E-state index is -0.365. The normalized spacial score (nSPS) is 21.4. The molecule has 0 aromatic heterocycles. The Morgan fingerprint density at radius 3 is 2.00 bits per heavy atom. The van der Waals surface area contributed by atoms with E-state index >= 15 is 0 Å². The van der Waals surface area contributed by atoms with Crippen molar-refractivity contribution in [2.45, 2.75) is 78.0 Å². The molecule has 4 nitrogen and oxygen atoms in total. The summed E-state index contributed by atoms with van der Waals surface area (Å²) in [4.78, 5) is 25.8. The summed E-state index contributed by atoms with van der Waals surface area (Å²) in [6.07, 6.45) is 1.55. The molecule has 1 rings (SSSR count). The Morgan fingerprint density at radius 2 is 1.65 bits per heavy atom. The molecule has 0 spiro atoms. The molecule has 114 valence electrons. The smallest absolute Gasteiger partial charge is 0.305 e. The van der Waals surface area contributed by atoms with Gasteiger partial charge in [0.25, 0.3) is 0 Å². The van der Waals surface area contributed by atoms with E-state index in [1.54, 1.807) is 13.8 Å². The fourth-order valence-corrected chi connectivity index (χ4v) is 3.28. The van der Waals surface area contributed by atoms with Crippen molar-refractivity contribution >= 4 is 11.9 Å². The summed E-state index contributed by atoms with van der Waals surface area (Å²) in [5.41, 5.74) is -0.192. The second-order valence-electron chi connectivity index (χ2n) is 6.92. The molecule has 0 N–H and O–H groups in total. The maximum absolute atomic E-state index is 12.4. The summed E-state index contributed by atoms with van der Waals surface area (Å²) in [5, 5.41) is 0. The van der Waals surface area contributed by atoms with Crippen molar-refractivity contribution in [3.8, 4) is 0 Å². The third-order valence-corrected chi connectivity index (χ3v) is 3.82. The summed E-state index contributed by atoms with van der Waals surface area (Å²) < 4.78 is 5.50. The fourth-order valence-electron chi connectivity index (χ4n) is 3.28. The molecule has 0 aliphatic carbocycles. The molecule has 1 amide bonds. The van der Waals surface area contributed by atoms with E-state index in [2.05, 4.69) is 6.58 Å². The molecule has 0 unspecified atom stereocenters. The van der Waals surface area contributed by atoms with Crippen LogP contribution in [0.2, 0.25) is 0 Å². The van der Waals surface area contributed by atoms with E-state index in [-0.39, 0.29) is 29.1 Å². The van der Waals surface area contributed by atoms with Crippen molar-refractivity contribution in [2.75, 3.05) is 0 Å². The van der Waals surface area contributed by atoms with E-state index < -0.39 is 0 Å². The third-order valence-electron chi connectivity index (χ3n) is 3.82. The summed E-state index contributed by atoms with van der Waals surface area (Å²) in [7, 11) is 0. The predicted octanol–water partition coefficient (Wildman–Crippen LogP) is 3.06. The fraction of sp³-hybridized carbons (Fsp3) is 0.750. The largest absolute Gasteiger partial charge is 0.462 e. The zero-order valence-electron chi connectivity index (χ0n) is 13.6. The lowest BCUT2D eigenvalue weighted by Crippen LogP contribution is -2.64. The van der Waals surface area contributed by atoms with E-state index in [1.165, 1.54) is 0 Å². The van der Waals surface area contributed by atoms with Gasteiger partial charge >= 0.3 is 5.97 Å². The number of amides is 1. The lowest BCUT2D eigenvalue weighted by molar-refractivity contribution is -0.165. The maximum atomic E-state index is 12.4. The summed E-state index contributed by atoms with van der Waals surface area (Å²) >= 11 is 0. The molecular formula is C16H27NO3. The van der Waals surface area contributed by atoms with Gasteiger partial charge in [-0.25, -0.2) is 0 Å². The average molecular weight is 281 g/mol. The quantitative estimate of drug-likeness (QED) is 0.590. The van der Waals surface area contributed by atoms with Gasteiger partial charge in [0.2, 0.25) is 5.91 Å². The second-order valence-corrected chi connectivity index (χ2v) is 6.92. The summed E-state index contributed by atoms with van der Waals surface area (Å²) in [6, 6.07) is 0. The van der Waals surface area contributed by atoms with E-state index in [0.717, 1.165) is 0 Å². The third kappa shape index (κ3) is 3.41. The number of hydrogen-bond donors (Lipinski definition) is 0. The summed E-state index contributed by atoms with van der Waals surface area (Å²) in [5.74, 6) is -0.207. The number of esters is 1. The molecule has 1 heterocycles. The Morgan fingerprint density at radius 1 is 1.20 bits per heavy atom. The first-order valence-corrected chi connectivity index (χ1v) is 7.21. The van der Waals surface area contributed by atoms with E-state index in [9.17, 15) is 9.59 Å². The van der Waals surface area contributed by atoms with Crippen LogP contribution in [0.15, 0.2) is 12.2 Å². The highest BCUT2D eigenvalue weighted by atomic mass is 16.5. The van der Waals surface area contributed by atoms with Crippen molar-refractivity contribution < 1.29 is 14.3 Å². The zero-order valence-corrected chi connectivity index (χ0v) is 13.6. The van der Waals surface area contributed by atoms with Crippen LogP contribution < -0.4 is 0 Å². The molecule has 0 atom stereocenters. The van der Waals surface area contributed by atoms with Gasteiger partial charge in [-0.1, -0.05) is 13.5 Å². The van der Waals surface area contributed by atoms with E-state index in [4.69, 9.17) is 4.74 Å². The first kappa shape index (κ1) is 16.7. The Kier molecular flexibility index (Phi) is 4.67. The van der Waals surface area contributed by atoms with Crippen LogP contribution >= 0.6 is 0 Å². The van der Waals surface area contributed by atoms with Crippen LogP contribution in [0.1, 0.15) is 60.8 Å². The zero-order chi connectivity index (χ0) is 15.7. The standard InChI is InChI=1S/C16H27NO3/c1-8-13(18)20-12-9-15(4,5)17(14(19)11(2)3)16(6,7)10-12/h12H,2,8-10H2,1,3-7H3. The van der Waals surface area contributed by atoms with Crippen LogP contribution in [-0.2, 0) is 14.3 Å². The highest BCUT2D eigenvalue weighted by molar-refractivity contribution is 5.93. The summed E-state index contributed by atoms with van der Waals surface area (Å²) in [6.45, 7) is 15.4. The van der Waals surface area contributed by atoms with Gasteiger partial charge < -0.3 is 9.64 Å². The number of likely N-dealkylation sites (tertiary alicyclic amines) is 1. The predicted molar refractivity (Wildman–Crippen MR) is 79.2 cm³/mol. The van der Waals surface area contributed by atoms with Gasteiger partial charge in [-0.05, 0) is 34.6 Å². The molecule has 0 bridgehead atoms. The average Bonchev–Trinajstić information content (AvgIpc) is 2.24. The van der Waals surface area contributed by atoms with E-state index in [1.807, 2.05) is 32.6 Å².